The van der Waals surface area contributed by atoms with Gasteiger partial charge in [0.2, 0.25) is 0 Å². The number of hydroxylamine groups is 2. The van der Waals surface area contributed by atoms with E-state index in [0.717, 1.165) is 36.1 Å². The Labute approximate surface area is 272 Å². The van der Waals surface area contributed by atoms with Gasteiger partial charge in [0.25, 0.3) is 5.91 Å². The molecule has 12 nitrogen and oxygen atoms in total. The van der Waals surface area contributed by atoms with Gasteiger partial charge in [-0.15, -0.1) is 0 Å². The summed E-state index contributed by atoms with van der Waals surface area (Å²) in [5.74, 6) is -0.724. The molecular formula is C33H37ClN2O10. The summed E-state index contributed by atoms with van der Waals surface area (Å²) in [6.45, 7) is 0.579. The Balaban J connectivity index is 1.59. The molecule has 3 aromatic rings. The third kappa shape index (κ3) is 9.49. The Morgan fingerprint density at radius 2 is 1.50 bits per heavy atom. The van der Waals surface area contributed by atoms with E-state index in [9.17, 15) is 14.4 Å². The fourth-order valence-corrected chi connectivity index (χ4v) is 4.71. The number of halogens is 1. The van der Waals surface area contributed by atoms with Gasteiger partial charge in [-0.25, -0.2) is 14.7 Å². The fourth-order valence-electron chi connectivity index (χ4n) is 4.42. The average molecular weight is 657 g/mol. The number of nitrogens with zero attached hydrogens (tertiary/aromatic N) is 1. The van der Waals surface area contributed by atoms with Crippen LogP contribution in [0.4, 0.5) is 0 Å². The van der Waals surface area contributed by atoms with E-state index in [0.29, 0.717) is 30.3 Å². The summed E-state index contributed by atoms with van der Waals surface area (Å²) in [7, 11) is 4.28. The standard InChI is InChI=1S/C33H37ClN2O10/c1-40-24-11-7-22(8-12-24)20-44-27-16-15-26(29(34)30(27)45-21-23-9-13-25(41-2)14-10-23)32(38)36(46-28-6-4-5-19-43-28)18-17-35-31(37)33(39)42-3/h7-16,28H,4-6,17-21H2,1-3H3,(H,35,37). The highest BCUT2D eigenvalue weighted by molar-refractivity contribution is 6.35. The maximum absolute atomic E-state index is 13.9. The van der Waals surface area contributed by atoms with Crippen LogP contribution in [0.1, 0.15) is 40.7 Å². The maximum atomic E-state index is 13.9. The lowest BCUT2D eigenvalue weighted by molar-refractivity contribution is -0.266. The van der Waals surface area contributed by atoms with E-state index < -0.39 is 24.1 Å². The zero-order valence-electron chi connectivity index (χ0n) is 25.9. The van der Waals surface area contributed by atoms with Crippen LogP contribution >= 0.6 is 11.6 Å². The van der Waals surface area contributed by atoms with Gasteiger partial charge >= 0.3 is 11.9 Å². The predicted octanol–water partition coefficient (Wildman–Crippen LogP) is 4.70. The number of benzene rings is 3. The lowest BCUT2D eigenvalue weighted by Crippen LogP contribution is -2.43. The Kier molecular flexibility index (Phi) is 12.9. The highest BCUT2D eigenvalue weighted by Crippen LogP contribution is 2.39. The smallest absolute Gasteiger partial charge is 0.396 e. The van der Waals surface area contributed by atoms with Crippen LogP contribution in [0.2, 0.25) is 5.02 Å². The number of carbonyl (C=O) groups excluding carboxylic acids is 3. The van der Waals surface area contributed by atoms with Crippen molar-refractivity contribution in [2.45, 2.75) is 38.8 Å². The summed E-state index contributed by atoms with van der Waals surface area (Å²) >= 11 is 6.87. The largest absolute Gasteiger partial charge is 0.497 e. The molecule has 1 unspecified atom stereocenters. The zero-order valence-corrected chi connectivity index (χ0v) is 26.7. The molecule has 0 aliphatic carbocycles. The molecule has 246 valence electrons. The van der Waals surface area contributed by atoms with Crippen LogP contribution in [0.15, 0.2) is 60.7 Å². The minimum Gasteiger partial charge on any atom is -0.497 e. The van der Waals surface area contributed by atoms with E-state index in [2.05, 4.69) is 10.1 Å². The molecule has 3 aromatic carbocycles. The second-order valence-electron chi connectivity index (χ2n) is 10.1. The normalized spacial score (nSPS) is 14.1. The van der Waals surface area contributed by atoms with Crippen molar-refractivity contribution in [1.29, 1.82) is 0 Å². The van der Waals surface area contributed by atoms with Crippen molar-refractivity contribution in [2.75, 3.05) is 41.0 Å². The molecule has 46 heavy (non-hydrogen) atoms. The Morgan fingerprint density at radius 3 is 2.07 bits per heavy atom. The van der Waals surface area contributed by atoms with Gasteiger partial charge in [0, 0.05) is 19.6 Å². The first-order valence-electron chi connectivity index (χ1n) is 14.6. The molecule has 4 rings (SSSR count). The van der Waals surface area contributed by atoms with Gasteiger partial charge < -0.3 is 33.7 Å². The van der Waals surface area contributed by atoms with Crippen molar-refractivity contribution < 1.29 is 47.6 Å². The van der Waals surface area contributed by atoms with Crippen molar-refractivity contribution in [3.8, 4) is 23.0 Å². The third-order valence-corrected chi connectivity index (χ3v) is 7.34. The van der Waals surface area contributed by atoms with Gasteiger partial charge in [0.15, 0.2) is 17.8 Å². The monoisotopic (exact) mass is 656 g/mol. The van der Waals surface area contributed by atoms with E-state index in [1.807, 2.05) is 48.5 Å². The topological polar surface area (TPSA) is 131 Å². The summed E-state index contributed by atoms with van der Waals surface area (Å²) < 4.78 is 32.8. The van der Waals surface area contributed by atoms with Crippen LogP contribution in [0.25, 0.3) is 0 Å². The number of amides is 2. The number of hydrogen-bond acceptors (Lipinski definition) is 10. The number of ether oxygens (including phenoxy) is 6. The Bertz CT molecular complexity index is 1460. The molecule has 0 saturated carbocycles. The number of methoxy groups -OCH3 is 3. The molecule has 1 aliphatic rings. The van der Waals surface area contributed by atoms with E-state index in [1.165, 1.54) is 6.07 Å². The summed E-state index contributed by atoms with van der Waals surface area (Å²) in [6, 6.07) is 17.8. The van der Waals surface area contributed by atoms with Crippen LogP contribution in [-0.2, 0) is 37.1 Å². The molecule has 1 N–H and O–H groups in total. The molecule has 1 aliphatic heterocycles. The van der Waals surface area contributed by atoms with E-state index in [4.69, 9.17) is 40.1 Å². The van der Waals surface area contributed by atoms with Gasteiger partial charge in [-0.05, 0) is 60.4 Å². The molecule has 1 atom stereocenters. The van der Waals surface area contributed by atoms with Gasteiger partial charge in [-0.1, -0.05) is 35.9 Å². The molecule has 2 amide bonds. The second-order valence-corrected chi connectivity index (χ2v) is 10.5. The minimum atomic E-state index is -1.05. The molecule has 0 aromatic heterocycles. The predicted molar refractivity (Wildman–Crippen MR) is 167 cm³/mol. The van der Waals surface area contributed by atoms with Crippen molar-refractivity contribution >= 4 is 29.4 Å². The first kappa shape index (κ1) is 34.4. The number of hydrogen-bond donors (Lipinski definition) is 1. The lowest BCUT2D eigenvalue weighted by Gasteiger charge is -2.30. The molecule has 0 radical (unpaired) electrons. The summed E-state index contributed by atoms with van der Waals surface area (Å²) in [5.41, 5.74) is 1.77. The number of esters is 1. The fraction of sp³-hybridized carbons (Fsp3) is 0.364. The van der Waals surface area contributed by atoms with Crippen LogP contribution in [0.5, 0.6) is 23.0 Å². The van der Waals surface area contributed by atoms with Gasteiger partial charge in [-0.2, -0.15) is 0 Å². The van der Waals surface area contributed by atoms with Crippen molar-refractivity contribution in [2.24, 2.45) is 0 Å². The summed E-state index contributed by atoms with van der Waals surface area (Å²) in [5, 5.41) is 3.46. The van der Waals surface area contributed by atoms with Crippen LogP contribution in [0, 0.1) is 0 Å². The second kappa shape index (κ2) is 17.2. The van der Waals surface area contributed by atoms with Crippen molar-refractivity contribution in [3.05, 3.63) is 82.4 Å². The molecule has 1 saturated heterocycles. The Hall–Kier alpha value is -4.52. The first-order chi connectivity index (χ1) is 22.3. The van der Waals surface area contributed by atoms with Crippen molar-refractivity contribution in [3.63, 3.8) is 0 Å². The number of nitrogens with one attached hydrogen (secondary N) is 1. The van der Waals surface area contributed by atoms with Crippen molar-refractivity contribution in [1.82, 2.24) is 10.4 Å². The molecule has 1 heterocycles. The van der Waals surface area contributed by atoms with Crippen LogP contribution < -0.4 is 24.3 Å². The molecule has 1 fully saturated rings. The zero-order chi connectivity index (χ0) is 32.9. The summed E-state index contributed by atoms with van der Waals surface area (Å²) in [4.78, 5) is 43.3. The average Bonchev–Trinajstić information content (AvgIpc) is 3.10. The molecule has 13 heteroatoms. The Morgan fingerprint density at radius 1 is 0.870 bits per heavy atom. The highest BCUT2D eigenvalue weighted by Gasteiger charge is 2.28. The van der Waals surface area contributed by atoms with Gasteiger partial charge in [0.05, 0.1) is 38.5 Å². The number of carbonyl (C=O) groups is 3. The minimum absolute atomic E-state index is 0.00232. The molecular weight excluding hydrogens is 620 g/mol. The maximum Gasteiger partial charge on any atom is 0.396 e. The van der Waals surface area contributed by atoms with Gasteiger partial charge in [0.1, 0.15) is 24.7 Å². The van der Waals surface area contributed by atoms with E-state index in [-0.39, 0.29) is 42.6 Å². The third-order valence-electron chi connectivity index (χ3n) is 6.97. The van der Waals surface area contributed by atoms with E-state index in [1.54, 1.807) is 20.3 Å². The molecule has 0 spiro atoms. The highest BCUT2D eigenvalue weighted by atomic mass is 35.5. The van der Waals surface area contributed by atoms with Gasteiger partial charge in [-0.3, -0.25) is 9.59 Å². The van der Waals surface area contributed by atoms with Crippen LogP contribution in [0.3, 0.4) is 0 Å². The van der Waals surface area contributed by atoms with E-state index >= 15 is 0 Å². The van der Waals surface area contributed by atoms with Crippen LogP contribution in [-0.4, -0.2) is 70.2 Å². The first-order valence-corrected chi connectivity index (χ1v) is 15.0. The molecule has 0 bridgehead atoms. The SMILES string of the molecule is COC(=O)C(=O)NCCN(OC1CCCCO1)C(=O)c1ccc(OCc2ccc(OC)cc2)c(OCc2ccc(OC)cc2)c1Cl. The lowest BCUT2D eigenvalue weighted by atomic mass is 10.1. The summed E-state index contributed by atoms with van der Waals surface area (Å²) in [6.07, 6.45) is 1.63. The quantitative estimate of drug-likeness (QED) is 0.148. The number of rotatable bonds is 14.